The molecule has 0 radical (unpaired) electrons. The molecule has 0 N–H and O–H groups in total. The summed E-state index contributed by atoms with van der Waals surface area (Å²) in [6, 6.07) is -1.38. The Labute approximate surface area is 222 Å². The van der Waals surface area contributed by atoms with E-state index in [4.69, 9.17) is 9.31 Å². The predicted molar refractivity (Wildman–Crippen MR) is 124 cm³/mol. The Morgan fingerprint density at radius 2 is 1.69 bits per heavy atom. The number of amides is 3. The second-order valence-electron chi connectivity index (χ2n) is 12.3. The van der Waals surface area contributed by atoms with E-state index in [1.807, 2.05) is 6.92 Å². The SMILES string of the molecule is CC1(C)[C@@H]2CC3OB(C4CCCN4C(=O)CN(C(=O)C(F)(F)F)[C@@H]4CCN(C(=O)C(F)(F)F)C4)O[C@@]3(C)[C@H]1C2. The third kappa shape index (κ3) is 4.70. The van der Waals surface area contributed by atoms with Gasteiger partial charge in [0.1, 0.15) is 6.54 Å². The standard InChI is InChI=1S/C24H32BF6N3O5/c1-21(2)13-9-15(21)22(3)16(10-13)38-25(39-22)17-5-4-7-33(17)18(35)12-34(20(37)24(29,30)31)14-6-8-32(11-14)19(36)23(26,27)28/h13-17H,4-12H2,1-3H3/t13-,14+,15-,16?,17?,22-/m0/s1. The van der Waals surface area contributed by atoms with Gasteiger partial charge in [-0.1, -0.05) is 13.8 Å². The van der Waals surface area contributed by atoms with Crippen LogP contribution in [0.4, 0.5) is 26.3 Å². The molecule has 3 amide bonds. The molecule has 2 bridgehead atoms. The number of hydrogen-bond donors (Lipinski definition) is 0. The summed E-state index contributed by atoms with van der Waals surface area (Å²) in [5.41, 5.74) is -0.452. The molecule has 3 saturated carbocycles. The summed E-state index contributed by atoms with van der Waals surface area (Å²) >= 11 is 0. The Morgan fingerprint density at radius 1 is 1.00 bits per heavy atom. The summed E-state index contributed by atoms with van der Waals surface area (Å²) in [6.45, 7) is 4.44. The van der Waals surface area contributed by atoms with Gasteiger partial charge in [0.25, 0.3) is 0 Å². The molecular weight excluding hydrogens is 535 g/mol. The van der Waals surface area contributed by atoms with Crippen LogP contribution in [0.2, 0.25) is 0 Å². The van der Waals surface area contributed by atoms with E-state index in [1.54, 1.807) is 0 Å². The summed E-state index contributed by atoms with van der Waals surface area (Å²) in [6.07, 6.45) is -8.11. The number of halogens is 6. The minimum Gasteiger partial charge on any atom is -0.404 e. The second kappa shape index (κ2) is 9.25. The third-order valence-corrected chi connectivity index (χ3v) is 9.85. The molecule has 8 nitrogen and oxygen atoms in total. The van der Waals surface area contributed by atoms with Gasteiger partial charge in [-0.2, -0.15) is 26.3 Å². The lowest BCUT2D eigenvalue weighted by molar-refractivity contribution is -0.199. The topological polar surface area (TPSA) is 79.4 Å². The third-order valence-electron chi connectivity index (χ3n) is 9.85. The molecule has 0 aromatic heterocycles. The minimum atomic E-state index is -5.35. The molecule has 218 valence electrons. The lowest BCUT2D eigenvalue weighted by Crippen LogP contribution is -2.65. The average molecular weight is 567 g/mol. The van der Waals surface area contributed by atoms with Crippen molar-refractivity contribution in [3.8, 4) is 0 Å². The largest absolute Gasteiger partial charge is 0.481 e. The van der Waals surface area contributed by atoms with Gasteiger partial charge in [-0.25, -0.2) is 0 Å². The van der Waals surface area contributed by atoms with E-state index >= 15 is 0 Å². The number of carbonyl (C=O) groups excluding carboxylic acids is 3. The molecule has 6 atom stereocenters. The highest BCUT2D eigenvalue weighted by molar-refractivity contribution is 6.48. The molecule has 0 aromatic carbocycles. The average Bonchev–Trinajstić information content (AvgIpc) is 3.57. The Bertz CT molecular complexity index is 1040. The van der Waals surface area contributed by atoms with Crippen molar-refractivity contribution in [3.05, 3.63) is 0 Å². The van der Waals surface area contributed by atoms with Crippen molar-refractivity contribution in [3.63, 3.8) is 0 Å². The Hall–Kier alpha value is -2.03. The van der Waals surface area contributed by atoms with Crippen molar-refractivity contribution in [1.29, 1.82) is 0 Å². The Kier molecular flexibility index (Phi) is 6.76. The zero-order valence-electron chi connectivity index (χ0n) is 22.0. The monoisotopic (exact) mass is 567 g/mol. The van der Waals surface area contributed by atoms with Crippen LogP contribution in [0.1, 0.15) is 52.9 Å². The van der Waals surface area contributed by atoms with Crippen molar-refractivity contribution in [2.75, 3.05) is 26.2 Å². The number of likely N-dealkylation sites (tertiary alicyclic amines) is 2. The van der Waals surface area contributed by atoms with Crippen molar-refractivity contribution in [2.45, 2.75) is 88.9 Å². The van der Waals surface area contributed by atoms with E-state index in [9.17, 15) is 40.7 Å². The van der Waals surface area contributed by atoms with E-state index in [0.29, 0.717) is 23.7 Å². The van der Waals surface area contributed by atoms with E-state index in [0.717, 1.165) is 12.8 Å². The van der Waals surface area contributed by atoms with E-state index in [-0.39, 0.29) is 35.3 Å². The summed E-state index contributed by atoms with van der Waals surface area (Å²) < 4.78 is 91.6. The maximum atomic E-state index is 13.4. The summed E-state index contributed by atoms with van der Waals surface area (Å²) in [5, 5.41) is 0. The number of rotatable bonds is 4. The first kappa shape index (κ1) is 28.5. The Morgan fingerprint density at radius 3 is 2.31 bits per heavy atom. The van der Waals surface area contributed by atoms with Crippen molar-refractivity contribution < 1.29 is 50.0 Å². The number of carbonyl (C=O) groups is 3. The zero-order chi connectivity index (χ0) is 28.7. The molecular formula is C24H32BF6N3O5. The summed E-state index contributed by atoms with van der Waals surface area (Å²) in [4.78, 5) is 39.2. The predicted octanol–water partition coefficient (Wildman–Crippen LogP) is 2.80. The number of alkyl halides is 6. The fraction of sp³-hybridized carbons (Fsp3) is 0.875. The van der Waals surface area contributed by atoms with Crippen molar-refractivity contribution in [1.82, 2.24) is 14.7 Å². The molecule has 6 rings (SSSR count). The van der Waals surface area contributed by atoms with Crippen molar-refractivity contribution in [2.24, 2.45) is 17.3 Å². The van der Waals surface area contributed by atoms with Gasteiger partial charge in [0, 0.05) is 19.6 Å². The van der Waals surface area contributed by atoms with Crippen LogP contribution in [0, 0.1) is 17.3 Å². The first-order chi connectivity index (χ1) is 17.9. The van der Waals surface area contributed by atoms with Crippen molar-refractivity contribution >= 4 is 24.8 Å². The lowest BCUT2D eigenvalue weighted by Gasteiger charge is -2.64. The maximum Gasteiger partial charge on any atom is 0.481 e. The normalized spacial score (nSPS) is 35.6. The van der Waals surface area contributed by atoms with Crippen LogP contribution < -0.4 is 0 Å². The molecule has 3 aliphatic carbocycles. The van der Waals surface area contributed by atoms with E-state index in [2.05, 4.69) is 13.8 Å². The van der Waals surface area contributed by atoms with Gasteiger partial charge in [-0.05, 0) is 56.3 Å². The van der Waals surface area contributed by atoms with Crippen LogP contribution in [-0.2, 0) is 23.7 Å². The maximum absolute atomic E-state index is 13.4. The first-order valence-electron chi connectivity index (χ1n) is 13.3. The summed E-state index contributed by atoms with van der Waals surface area (Å²) in [7, 11) is -0.764. The molecule has 0 aromatic rings. The fourth-order valence-corrected chi connectivity index (χ4v) is 7.57. The van der Waals surface area contributed by atoms with Crippen LogP contribution in [0.15, 0.2) is 0 Å². The molecule has 6 fully saturated rings. The fourth-order valence-electron chi connectivity index (χ4n) is 7.57. The Balaban J connectivity index is 1.29. The number of nitrogens with zero attached hydrogens (tertiary/aromatic N) is 3. The quantitative estimate of drug-likeness (QED) is 0.386. The lowest BCUT2D eigenvalue weighted by atomic mass is 9.43. The van der Waals surface area contributed by atoms with Crippen LogP contribution in [0.25, 0.3) is 0 Å². The van der Waals surface area contributed by atoms with Gasteiger partial charge in [0.05, 0.1) is 23.7 Å². The van der Waals surface area contributed by atoms with E-state index < -0.39 is 74.4 Å². The van der Waals surface area contributed by atoms with Gasteiger partial charge in [0.15, 0.2) is 0 Å². The van der Waals surface area contributed by atoms with Gasteiger partial charge in [-0.3, -0.25) is 14.4 Å². The van der Waals surface area contributed by atoms with Gasteiger partial charge >= 0.3 is 31.3 Å². The van der Waals surface area contributed by atoms with Crippen LogP contribution >= 0.6 is 0 Å². The molecule has 0 spiro atoms. The van der Waals surface area contributed by atoms with Crippen LogP contribution in [0.3, 0.4) is 0 Å². The molecule has 3 heterocycles. The van der Waals surface area contributed by atoms with Gasteiger partial charge in [-0.15, -0.1) is 0 Å². The molecule has 6 aliphatic rings. The number of hydrogen-bond acceptors (Lipinski definition) is 5. The minimum absolute atomic E-state index is 0.0931. The zero-order valence-corrected chi connectivity index (χ0v) is 22.0. The smallest absolute Gasteiger partial charge is 0.404 e. The highest BCUT2D eigenvalue weighted by Gasteiger charge is 2.69. The molecule has 39 heavy (non-hydrogen) atoms. The highest BCUT2D eigenvalue weighted by atomic mass is 19.4. The first-order valence-corrected chi connectivity index (χ1v) is 13.3. The highest BCUT2D eigenvalue weighted by Crippen LogP contribution is 2.66. The van der Waals surface area contributed by atoms with Gasteiger partial charge in [0.2, 0.25) is 5.91 Å². The second-order valence-corrected chi connectivity index (χ2v) is 12.3. The molecule has 15 heteroatoms. The molecule has 3 saturated heterocycles. The van der Waals surface area contributed by atoms with Gasteiger partial charge < -0.3 is 24.0 Å². The van der Waals surface area contributed by atoms with Crippen LogP contribution in [-0.4, -0.2) is 102 Å². The van der Waals surface area contributed by atoms with E-state index in [1.165, 1.54) is 4.90 Å². The summed E-state index contributed by atoms with van der Waals surface area (Å²) in [5.74, 6) is -5.08. The molecule has 3 aliphatic heterocycles. The van der Waals surface area contributed by atoms with Crippen LogP contribution in [0.5, 0.6) is 0 Å². The molecule has 2 unspecified atom stereocenters.